The van der Waals surface area contributed by atoms with E-state index < -0.39 is 0 Å². The number of anilines is 1. The molecule has 136 valence electrons. The highest BCUT2D eigenvalue weighted by Gasteiger charge is 2.08. The Labute approximate surface area is 164 Å². The first kappa shape index (κ1) is 18.6. The Bertz CT molecular complexity index is 994. The van der Waals surface area contributed by atoms with Crippen molar-refractivity contribution in [2.24, 2.45) is 5.10 Å². The Morgan fingerprint density at radius 1 is 1.00 bits per heavy atom. The van der Waals surface area contributed by atoms with Crippen molar-refractivity contribution in [2.45, 2.75) is 6.92 Å². The maximum absolute atomic E-state index is 12.2. The van der Waals surface area contributed by atoms with E-state index in [0.29, 0.717) is 27.2 Å². The molecule has 3 rings (SSSR count). The Kier molecular flexibility index (Phi) is 5.83. The van der Waals surface area contributed by atoms with E-state index in [2.05, 4.69) is 31.8 Å². The average molecular weight is 426 g/mol. The van der Waals surface area contributed by atoms with Crippen LogP contribution in [0.1, 0.15) is 32.0 Å². The van der Waals surface area contributed by atoms with E-state index in [1.165, 1.54) is 6.21 Å². The third kappa shape index (κ3) is 5.15. The van der Waals surface area contributed by atoms with Crippen LogP contribution in [0.3, 0.4) is 0 Å². The lowest BCUT2D eigenvalue weighted by molar-refractivity contribution is 0.0954. The van der Waals surface area contributed by atoms with Gasteiger partial charge in [-0.1, -0.05) is 17.7 Å². The van der Waals surface area contributed by atoms with Crippen molar-refractivity contribution in [3.05, 3.63) is 87.8 Å². The third-order valence-electron chi connectivity index (χ3n) is 3.64. The molecule has 0 aliphatic heterocycles. The van der Waals surface area contributed by atoms with Crippen LogP contribution in [0, 0.1) is 6.92 Å². The van der Waals surface area contributed by atoms with Gasteiger partial charge in [-0.3, -0.25) is 9.59 Å². The topological polar surface area (TPSA) is 83.7 Å². The largest absolute Gasteiger partial charge is 0.448 e. The van der Waals surface area contributed by atoms with Gasteiger partial charge in [0.25, 0.3) is 11.8 Å². The fourth-order valence-corrected chi connectivity index (χ4v) is 2.63. The Balaban J connectivity index is 1.58. The van der Waals surface area contributed by atoms with E-state index in [0.717, 1.165) is 5.56 Å². The van der Waals surface area contributed by atoms with Crippen LogP contribution in [0.5, 0.6) is 0 Å². The summed E-state index contributed by atoms with van der Waals surface area (Å²) in [4.78, 5) is 24.3. The molecule has 0 fully saturated rings. The number of nitrogens with zero attached hydrogens (tertiary/aromatic N) is 1. The van der Waals surface area contributed by atoms with Gasteiger partial charge in [-0.25, -0.2) is 5.43 Å². The molecule has 0 radical (unpaired) electrons. The maximum Gasteiger partial charge on any atom is 0.271 e. The molecule has 2 N–H and O–H groups in total. The van der Waals surface area contributed by atoms with Gasteiger partial charge in [0.1, 0.15) is 5.76 Å². The first-order chi connectivity index (χ1) is 13.0. The maximum atomic E-state index is 12.2. The lowest BCUT2D eigenvalue weighted by atomic mass is 10.1. The quantitative estimate of drug-likeness (QED) is 0.470. The third-order valence-corrected chi connectivity index (χ3v) is 4.06. The van der Waals surface area contributed by atoms with Gasteiger partial charge < -0.3 is 9.73 Å². The zero-order chi connectivity index (χ0) is 19.2. The van der Waals surface area contributed by atoms with Gasteiger partial charge in [0, 0.05) is 16.8 Å². The number of rotatable bonds is 5. The summed E-state index contributed by atoms with van der Waals surface area (Å²) in [5.74, 6) is -0.0603. The van der Waals surface area contributed by atoms with E-state index in [9.17, 15) is 9.59 Å². The summed E-state index contributed by atoms with van der Waals surface area (Å²) < 4.78 is 5.83. The molecule has 0 saturated carbocycles. The predicted molar refractivity (Wildman–Crippen MR) is 107 cm³/mol. The van der Waals surface area contributed by atoms with Crippen LogP contribution >= 0.6 is 15.9 Å². The highest BCUT2D eigenvalue weighted by atomic mass is 79.9. The SMILES string of the molecule is Cc1cccc(C(=O)Nc2ccc(C(=O)N/N=C\c3ccc(Br)o3)cc2)c1. The second-order valence-corrected chi connectivity index (χ2v) is 6.52. The number of carbonyl (C=O) groups is 2. The molecule has 2 aromatic carbocycles. The highest BCUT2D eigenvalue weighted by molar-refractivity contribution is 9.10. The Morgan fingerprint density at radius 2 is 1.78 bits per heavy atom. The average Bonchev–Trinajstić information content (AvgIpc) is 3.07. The molecule has 27 heavy (non-hydrogen) atoms. The number of hydrazone groups is 1. The van der Waals surface area contributed by atoms with E-state index in [-0.39, 0.29) is 11.8 Å². The summed E-state index contributed by atoms with van der Waals surface area (Å²) in [6, 6.07) is 17.3. The molecule has 0 unspecified atom stereocenters. The highest BCUT2D eigenvalue weighted by Crippen LogP contribution is 2.13. The minimum atomic E-state index is -0.367. The normalized spacial score (nSPS) is 10.7. The summed E-state index contributed by atoms with van der Waals surface area (Å²) in [6.07, 6.45) is 1.40. The molecule has 0 saturated heterocycles. The molecule has 2 amide bonds. The van der Waals surface area contributed by atoms with Gasteiger partial charge in [-0.05, 0) is 71.4 Å². The van der Waals surface area contributed by atoms with Crippen molar-refractivity contribution >= 4 is 39.6 Å². The van der Waals surface area contributed by atoms with E-state index in [4.69, 9.17) is 4.42 Å². The second-order valence-electron chi connectivity index (χ2n) is 5.74. The fraction of sp³-hybridized carbons (Fsp3) is 0.0500. The smallest absolute Gasteiger partial charge is 0.271 e. The van der Waals surface area contributed by atoms with Crippen LogP contribution in [0.25, 0.3) is 0 Å². The molecule has 0 bridgehead atoms. The minimum absolute atomic E-state index is 0.204. The van der Waals surface area contributed by atoms with Crippen molar-refractivity contribution in [2.75, 3.05) is 5.32 Å². The molecule has 3 aromatic rings. The number of halogens is 1. The molecule has 1 heterocycles. The van der Waals surface area contributed by atoms with E-state index in [1.54, 1.807) is 42.5 Å². The van der Waals surface area contributed by atoms with Gasteiger partial charge in [0.05, 0.1) is 6.21 Å². The lowest BCUT2D eigenvalue weighted by Crippen LogP contribution is -2.17. The van der Waals surface area contributed by atoms with Crippen molar-refractivity contribution < 1.29 is 14.0 Å². The monoisotopic (exact) mass is 425 g/mol. The zero-order valence-electron chi connectivity index (χ0n) is 14.4. The first-order valence-electron chi connectivity index (χ1n) is 8.08. The van der Waals surface area contributed by atoms with Gasteiger partial charge in [-0.15, -0.1) is 0 Å². The van der Waals surface area contributed by atoms with Crippen LogP contribution in [-0.2, 0) is 0 Å². The number of benzene rings is 2. The second kappa shape index (κ2) is 8.46. The minimum Gasteiger partial charge on any atom is -0.448 e. The summed E-state index contributed by atoms with van der Waals surface area (Å²) in [5.41, 5.74) is 5.02. The summed E-state index contributed by atoms with van der Waals surface area (Å²) in [5, 5.41) is 6.64. The standard InChI is InChI=1S/C20H16BrN3O3/c1-13-3-2-4-15(11-13)19(25)23-16-7-5-14(6-8-16)20(26)24-22-12-17-9-10-18(21)27-17/h2-12H,1H3,(H,23,25)(H,24,26)/b22-12-. The van der Waals surface area contributed by atoms with Gasteiger partial charge in [-0.2, -0.15) is 5.10 Å². The van der Waals surface area contributed by atoms with Crippen molar-refractivity contribution in [1.82, 2.24) is 5.43 Å². The summed E-state index contributed by atoms with van der Waals surface area (Å²) in [6.45, 7) is 1.93. The van der Waals surface area contributed by atoms with Crippen molar-refractivity contribution in [1.29, 1.82) is 0 Å². The van der Waals surface area contributed by atoms with Crippen LogP contribution in [0.4, 0.5) is 5.69 Å². The number of nitrogens with one attached hydrogen (secondary N) is 2. The van der Waals surface area contributed by atoms with Crippen LogP contribution in [0.15, 0.2) is 74.9 Å². The van der Waals surface area contributed by atoms with Crippen LogP contribution < -0.4 is 10.7 Å². The molecule has 7 heteroatoms. The molecular weight excluding hydrogens is 410 g/mol. The van der Waals surface area contributed by atoms with E-state index >= 15 is 0 Å². The van der Waals surface area contributed by atoms with Gasteiger partial charge in [0.15, 0.2) is 4.67 Å². The number of hydrogen-bond acceptors (Lipinski definition) is 4. The Morgan fingerprint density at radius 3 is 2.44 bits per heavy atom. The fourth-order valence-electron chi connectivity index (χ4n) is 2.31. The van der Waals surface area contributed by atoms with Crippen molar-refractivity contribution in [3.63, 3.8) is 0 Å². The number of carbonyl (C=O) groups excluding carboxylic acids is 2. The number of hydrogen-bond donors (Lipinski definition) is 2. The molecule has 0 atom stereocenters. The molecule has 0 spiro atoms. The van der Waals surface area contributed by atoms with Gasteiger partial charge >= 0.3 is 0 Å². The predicted octanol–water partition coefficient (Wildman–Crippen LogP) is 4.37. The number of aryl methyl sites for hydroxylation is 1. The zero-order valence-corrected chi connectivity index (χ0v) is 16.0. The van der Waals surface area contributed by atoms with Crippen LogP contribution in [-0.4, -0.2) is 18.0 Å². The number of furan rings is 1. The molecule has 0 aliphatic carbocycles. The summed E-state index contributed by atoms with van der Waals surface area (Å²) in [7, 11) is 0. The molecule has 6 nitrogen and oxygen atoms in total. The molecule has 1 aromatic heterocycles. The Hall–Kier alpha value is -3.19. The van der Waals surface area contributed by atoms with Gasteiger partial charge in [0.2, 0.25) is 0 Å². The first-order valence-corrected chi connectivity index (χ1v) is 8.87. The number of amides is 2. The lowest BCUT2D eigenvalue weighted by Gasteiger charge is -2.07. The van der Waals surface area contributed by atoms with Crippen molar-refractivity contribution in [3.8, 4) is 0 Å². The molecule has 0 aliphatic rings. The summed E-state index contributed by atoms with van der Waals surface area (Å²) >= 11 is 3.19. The van der Waals surface area contributed by atoms with Crippen LogP contribution in [0.2, 0.25) is 0 Å². The molecular formula is C20H16BrN3O3. The van der Waals surface area contributed by atoms with E-state index in [1.807, 2.05) is 25.1 Å².